The molecule has 27 heavy (non-hydrogen) atoms. The fourth-order valence-corrected chi connectivity index (χ4v) is 4.36. The molecule has 1 fully saturated rings. The van der Waals surface area contributed by atoms with Crippen LogP contribution in [0.1, 0.15) is 76.7 Å². The van der Waals surface area contributed by atoms with E-state index in [2.05, 4.69) is 19.1 Å². The molecule has 0 spiro atoms. The first kappa shape index (κ1) is 19.9. The van der Waals surface area contributed by atoms with Crippen molar-refractivity contribution in [2.45, 2.75) is 71.1 Å². The summed E-state index contributed by atoms with van der Waals surface area (Å²) in [5, 5.41) is 1.64. The van der Waals surface area contributed by atoms with Crippen LogP contribution in [0.3, 0.4) is 0 Å². The minimum Gasteiger partial charge on any atom is -0.486 e. The van der Waals surface area contributed by atoms with E-state index in [9.17, 15) is 4.39 Å². The third-order valence-electron chi connectivity index (χ3n) is 6.05. The summed E-state index contributed by atoms with van der Waals surface area (Å²) in [6, 6.07) is 10.0. The van der Waals surface area contributed by atoms with Gasteiger partial charge >= 0.3 is 0 Å². The molecule has 1 aliphatic carbocycles. The SMILES string of the molecule is CC=CCOc1ccc2cc(C3CCC(CCCCC)CC3)ccc2c1F. The van der Waals surface area contributed by atoms with Crippen LogP contribution in [-0.2, 0) is 0 Å². The fraction of sp³-hybridized carbons (Fsp3) is 0.520. The quantitative estimate of drug-likeness (QED) is 0.341. The van der Waals surface area contributed by atoms with E-state index in [1.807, 2.05) is 31.2 Å². The van der Waals surface area contributed by atoms with Crippen LogP contribution < -0.4 is 4.74 Å². The van der Waals surface area contributed by atoms with Crippen molar-refractivity contribution in [3.8, 4) is 5.75 Å². The molecule has 0 saturated heterocycles. The molecule has 2 aromatic carbocycles. The van der Waals surface area contributed by atoms with Gasteiger partial charge in [0.15, 0.2) is 11.6 Å². The van der Waals surface area contributed by atoms with Gasteiger partial charge in [0, 0.05) is 5.39 Å². The fourth-order valence-electron chi connectivity index (χ4n) is 4.36. The van der Waals surface area contributed by atoms with E-state index in [1.165, 1.54) is 56.9 Å². The second-order valence-electron chi connectivity index (χ2n) is 7.95. The van der Waals surface area contributed by atoms with Crippen LogP contribution in [0, 0.1) is 11.7 Å². The number of halogens is 1. The maximum atomic E-state index is 14.7. The van der Waals surface area contributed by atoms with Crippen LogP contribution in [0.2, 0.25) is 0 Å². The van der Waals surface area contributed by atoms with Crippen LogP contribution in [0.25, 0.3) is 10.8 Å². The number of unbranched alkanes of at least 4 members (excludes halogenated alkanes) is 2. The largest absolute Gasteiger partial charge is 0.486 e. The van der Waals surface area contributed by atoms with Gasteiger partial charge in [0.05, 0.1) is 0 Å². The van der Waals surface area contributed by atoms with Gasteiger partial charge in [-0.05, 0) is 61.5 Å². The topological polar surface area (TPSA) is 9.23 Å². The third-order valence-corrected chi connectivity index (χ3v) is 6.05. The number of hydrogen-bond acceptors (Lipinski definition) is 1. The molecule has 1 aliphatic rings. The molecule has 0 bridgehead atoms. The molecule has 2 aromatic rings. The maximum absolute atomic E-state index is 14.7. The van der Waals surface area contributed by atoms with Crippen molar-refractivity contribution in [1.82, 2.24) is 0 Å². The molecular formula is C25H33FO. The van der Waals surface area contributed by atoms with Crippen molar-refractivity contribution >= 4 is 10.8 Å². The van der Waals surface area contributed by atoms with E-state index in [1.54, 1.807) is 6.07 Å². The normalized spacial score (nSPS) is 20.4. The third kappa shape index (κ3) is 5.12. The monoisotopic (exact) mass is 368 g/mol. The standard InChI is InChI=1S/C25H33FO/c1-3-5-7-8-19-9-11-20(12-10-19)21-13-15-23-22(18-21)14-16-24(25(23)26)27-17-6-4-2/h4,6,13-16,18-20H,3,5,7-12,17H2,1-2H3. The van der Waals surface area contributed by atoms with E-state index < -0.39 is 0 Å². The Hall–Kier alpha value is -1.83. The molecule has 0 N–H and O–H groups in total. The Labute approximate surface area is 163 Å². The van der Waals surface area contributed by atoms with Crippen molar-refractivity contribution in [1.29, 1.82) is 0 Å². The highest BCUT2D eigenvalue weighted by Crippen LogP contribution is 2.39. The van der Waals surface area contributed by atoms with E-state index in [-0.39, 0.29) is 5.82 Å². The van der Waals surface area contributed by atoms with Crippen molar-refractivity contribution in [2.75, 3.05) is 6.61 Å². The minimum atomic E-state index is -0.247. The summed E-state index contributed by atoms with van der Waals surface area (Å²) in [4.78, 5) is 0. The molecule has 1 nitrogen and oxygen atoms in total. The highest BCUT2D eigenvalue weighted by Gasteiger charge is 2.22. The molecule has 2 heteroatoms. The number of benzene rings is 2. The zero-order valence-electron chi connectivity index (χ0n) is 16.8. The Morgan fingerprint density at radius 1 is 1.07 bits per heavy atom. The van der Waals surface area contributed by atoms with Crippen molar-refractivity contribution < 1.29 is 9.13 Å². The van der Waals surface area contributed by atoms with E-state index >= 15 is 0 Å². The van der Waals surface area contributed by atoms with Crippen LogP contribution in [0.5, 0.6) is 5.75 Å². The summed E-state index contributed by atoms with van der Waals surface area (Å²) < 4.78 is 20.2. The summed E-state index contributed by atoms with van der Waals surface area (Å²) in [5.41, 5.74) is 1.37. The van der Waals surface area contributed by atoms with E-state index in [4.69, 9.17) is 4.74 Å². The molecule has 0 aliphatic heterocycles. The summed E-state index contributed by atoms with van der Waals surface area (Å²) in [6.45, 7) is 4.61. The Morgan fingerprint density at radius 3 is 2.63 bits per heavy atom. The van der Waals surface area contributed by atoms with Crippen molar-refractivity contribution in [2.24, 2.45) is 5.92 Å². The smallest absolute Gasteiger partial charge is 0.172 e. The molecule has 146 valence electrons. The van der Waals surface area contributed by atoms with E-state index in [0.717, 1.165) is 11.3 Å². The number of fused-ring (bicyclic) bond motifs is 1. The van der Waals surface area contributed by atoms with Crippen LogP contribution in [0.4, 0.5) is 4.39 Å². The van der Waals surface area contributed by atoms with Crippen molar-refractivity contribution in [3.63, 3.8) is 0 Å². The molecule has 0 heterocycles. The lowest BCUT2D eigenvalue weighted by Crippen LogP contribution is -2.13. The van der Waals surface area contributed by atoms with Gasteiger partial charge < -0.3 is 4.74 Å². The lowest BCUT2D eigenvalue weighted by Gasteiger charge is -2.29. The van der Waals surface area contributed by atoms with Gasteiger partial charge in [-0.25, -0.2) is 4.39 Å². The van der Waals surface area contributed by atoms with Gasteiger partial charge in [0.25, 0.3) is 0 Å². The summed E-state index contributed by atoms with van der Waals surface area (Å²) in [7, 11) is 0. The van der Waals surface area contributed by atoms with Crippen LogP contribution in [0.15, 0.2) is 42.5 Å². The number of hydrogen-bond donors (Lipinski definition) is 0. The molecule has 3 rings (SSSR count). The highest BCUT2D eigenvalue weighted by molar-refractivity contribution is 5.85. The summed E-state index contributed by atoms with van der Waals surface area (Å²) in [6.07, 6.45) is 14.5. The van der Waals surface area contributed by atoms with Gasteiger partial charge in [-0.2, -0.15) is 0 Å². The van der Waals surface area contributed by atoms with Gasteiger partial charge in [0.2, 0.25) is 0 Å². The molecule has 0 radical (unpaired) electrons. The lowest BCUT2D eigenvalue weighted by molar-refractivity contribution is 0.303. The van der Waals surface area contributed by atoms with Crippen molar-refractivity contribution in [3.05, 3.63) is 53.9 Å². The number of allylic oxidation sites excluding steroid dienone is 1. The van der Waals surface area contributed by atoms with Crippen LogP contribution in [-0.4, -0.2) is 6.61 Å². The summed E-state index contributed by atoms with van der Waals surface area (Å²) >= 11 is 0. The molecular weight excluding hydrogens is 335 g/mol. The Bertz CT molecular complexity index is 756. The zero-order chi connectivity index (χ0) is 19.1. The minimum absolute atomic E-state index is 0.247. The average Bonchev–Trinajstić information content (AvgIpc) is 2.70. The molecule has 0 aromatic heterocycles. The molecule has 0 amide bonds. The van der Waals surface area contributed by atoms with Gasteiger partial charge in [-0.1, -0.05) is 69.0 Å². The molecule has 1 saturated carbocycles. The first-order valence-electron chi connectivity index (χ1n) is 10.7. The van der Waals surface area contributed by atoms with E-state index in [0.29, 0.717) is 23.7 Å². The Balaban J connectivity index is 1.66. The Morgan fingerprint density at radius 2 is 1.89 bits per heavy atom. The summed E-state index contributed by atoms with van der Waals surface area (Å²) in [5.74, 6) is 1.64. The van der Waals surface area contributed by atoms with Gasteiger partial charge in [-0.15, -0.1) is 0 Å². The number of ether oxygens (including phenoxy) is 1. The first-order chi connectivity index (χ1) is 13.2. The van der Waals surface area contributed by atoms with Gasteiger partial charge in [0.1, 0.15) is 6.61 Å². The van der Waals surface area contributed by atoms with Gasteiger partial charge in [-0.3, -0.25) is 0 Å². The lowest BCUT2D eigenvalue weighted by atomic mass is 9.77. The maximum Gasteiger partial charge on any atom is 0.172 e. The van der Waals surface area contributed by atoms with Crippen LogP contribution >= 0.6 is 0 Å². The molecule has 0 unspecified atom stereocenters. The second-order valence-corrected chi connectivity index (χ2v) is 7.95. The Kier molecular flexibility index (Phi) is 7.32. The zero-order valence-corrected chi connectivity index (χ0v) is 16.8. The highest BCUT2D eigenvalue weighted by atomic mass is 19.1. The number of rotatable bonds is 8. The second kappa shape index (κ2) is 9.92. The first-order valence-corrected chi connectivity index (χ1v) is 10.7. The average molecular weight is 369 g/mol. The predicted octanol–water partition coefficient (Wildman–Crippen LogP) is 7.79. The molecule has 0 atom stereocenters. The predicted molar refractivity (Wildman–Crippen MR) is 113 cm³/mol.